The van der Waals surface area contributed by atoms with E-state index >= 15 is 0 Å². The van der Waals surface area contributed by atoms with Crippen LogP contribution in [0, 0.1) is 13.8 Å². The standard InChI is InChI=1S/C18H23N3O3.2ClH/c1-13-6-4-8-16(14(13)2)24-18-15(7-5-9-20-18)21-17(22)12-19-10-11-23-3;;/h4-9,19H,10-12H2,1-3H3,(H,21,22);2*1H. The zero-order valence-corrected chi connectivity index (χ0v) is 16.7. The van der Waals surface area contributed by atoms with Gasteiger partial charge in [-0.2, -0.15) is 0 Å². The molecule has 6 nitrogen and oxygen atoms in total. The lowest BCUT2D eigenvalue weighted by atomic mass is 10.1. The first-order chi connectivity index (χ1) is 11.6. The van der Waals surface area contributed by atoms with E-state index in [1.165, 1.54) is 0 Å². The molecule has 1 heterocycles. The summed E-state index contributed by atoms with van der Waals surface area (Å²) in [6, 6.07) is 9.35. The normalized spacial score (nSPS) is 9.65. The number of hydrogen-bond acceptors (Lipinski definition) is 5. The Morgan fingerprint density at radius 1 is 1.15 bits per heavy atom. The third-order valence-electron chi connectivity index (χ3n) is 3.58. The highest BCUT2D eigenvalue weighted by atomic mass is 35.5. The molecule has 1 aromatic heterocycles. The van der Waals surface area contributed by atoms with Crippen molar-refractivity contribution in [1.29, 1.82) is 0 Å². The van der Waals surface area contributed by atoms with Crippen LogP contribution in [-0.2, 0) is 9.53 Å². The Bertz CT molecular complexity index is 699. The first kappa shape index (κ1) is 24.1. The molecule has 0 unspecified atom stereocenters. The number of benzene rings is 1. The highest BCUT2D eigenvalue weighted by Crippen LogP contribution is 2.30. The minimum atomic E-state index is -0.162. The zero-order chi connectivity index (χ0) is 17.4. The van der Waals surface area contributed by atoms with Gasteiger partial charge in [-0.1, -0.05) is 12.1 Å². The Hall–Kier alpha value is -1.86. The monoisotopic (exact) mass is 401 g/mol. The van der Waals surface area contributed by atoms with E-state index < -0.39 is 0 Å². The molecule has 0 aliphatic heterocycles. The van der Waals surface area contributed by atoms with E-state index in [-0.39, 0.29) is 37.3 Å². The summed E-state index contributed by atoms with van der Waals surface area (Å²) < 4.78 is 10.8. The summed E-state index contributed by atoms with van der Waals surface area (Å²) >= 11 is 0. The van der Waals surface area contributed by atoms with Crippen molar-refractivity contribution >= 4 is 36.4 Å². The number of halogens is 2. The number of aryl methyl sites for hydroxylation is 1. The first-order valence-electron chi connectivity index (χ1n) is 7.80. The molecule has 144 valence electrons. The number of methoxy groups -OCH3 is 1. The molecule has 0 atom stereocenters. The Morgan fingerprint density at radius 2 is 1.92 bits per heavy atom. The lowest BCUT2D eigenvalue weighted by molar-refractivity contribution is -0.115. The molecule has 0 bridgehead atoms. The van der Waals surface area contributed by atoms with Crippen molar-refractivity contribution in [2.24, 2.45) is 0 Å². The number of nitrogens with one attached hydrogen (secondary N) is 2. The van der Waals surface area contributed by atoms with E-state index in [1.807, 2.05) is 32.0 Å². The van der Waals surface area contributed by atoms with Crippen LogP contribution in [-0.4, -0.2) is 37.7 Å². The van der Waals surface area contributed by atoms with Crippen molar-refractivity contribution in [3.63, 3.8) is 0 Å². The molecule has 1 amide bonds. The van der Waals surface area contributed by atoms with Crippen LogP contribution in [0.4, 0.5) is 5.69 Å². The van der Waals surface area contributed by atoms with Gasteiger partial charge in [-0.15, -0.1) is 24.8 Å². The van der Waals surface area contributed by atoms with Gasteiger partial charge in [0, 0.05) is 19.9 Å². The molecule has 0 radical (unpaired) electrons. The lowest BCUT2D eigenvalue weighted by Gasteiger charge is -2.13. The number of carbonyl (C=O) groups excluding carboxylic acids is 1. The second kappa shape index (κ2) is 12.5. The summed E-state index contributed by atoms with van der Waals surface area (Å²) in [5, 5.41) is 5.81. The minimum absolute atomic E-state index is 0. The van der Waals surface area contributed by atoms with E-state index in [2.05, 4.69) is 15.6 Å². The SMILES string of the molecule is COCCNCC(=O)Nc1cccnc1Oc1cccc(C)c1C.Cl.Cl. The zero-order valence-electron chi connectivity index (χ0n) is 15.1. The van der Waals surface area contributed by atoms with Gasteiger partial charge < -0.3 is 20.1 Å². The van der Waals surface area contributed by atoms with Gasteiger partial charge in [0.2, 0.25) is 11.8 Å². The topological polar surface area (TPSA) is 72.5 Å². The van der Waals surface area contributed by atoms with Crippen molar-refractivity contribution in [3.8, 4) is 11.6 Å². The van der Waals surface area contributed by atoms with Gasteiger partial charge in [-0.25, -0.2) is 4.98 Å². The maximum Gasteiger partial charge on any atom is 0.243 e. The number of hydrogen-bond donors (Lipinski definition) is 2. The first-order valence-corrected chi connectivity index (χ1v) is 7.80. The number of rotatable bonds is 8. The summed E-state index contributed by atoms with van der Waals surface area (Å²) in [5.41, 5.74) is 2.72. The van der Waals surface area contributed by atoms with E-state index in [1.54, 1.807) is 25.4 Å². The van der Waals surface area contributed by atoms with Gasteiger partial charge in [0.1, 0.15) is 11.4 Å². The molecule has 0 saturated carbocycles. The molecule has 0 aliphatic carbocycles. The predicted molar refractivity (Wildman–Crippen MR) is 108 cm³/mol. The van der Waals surface area contributed by atoms with Crippen molar-refractivity contribution in [2.45, 2.75) is 13.8 Å². The Labute approximate surface area is 166 Å². The molecular weight excluding hydrogens is 377 g/mol. The number of pyridine rings is 1. The third kappa shape index (κ3) is 7.17. The fourth-order valence-corrected chi connectivity index (χ4v) is 2.08. The average molecular weight is 402 g/mol. The highest BCUT2D eigenvalue weighted by molar-refractivity contribution is 5.93. The lowest BCUT2D eigenvalue weighted by Crippen LogP contribution is -2.30. The smallest absolute Gasteiger partial charge is 0.243 e. The van der Waals surface area contributed by atoms with Crippen LogP contribution in [0.1, 0.15) is 11.1 Å². The van der Waals surface area contributed by atoms with E-state index in [4.69, 9.17) is 9.47 Å². The van der Waals surface area contributed by atoms with Crippen LogP contribution in [0.2, 0.25) is 0 Å². The predicted octanol–water partition coefficient (Wildman–Crippen LogP) is 3.51. The molecule has 2 rings (SSSR count). The molecule has 8 heteroatoms. The number of carbonyl (C=O) groups is 1. The quantitative estimate of drug-likeness (QED) is 0.662. The summed E-state index contributed by atoms with van der Waals surface area (Å²) in [6.07, 6.45) is 1.63. The van der Waals surface area contributed by atoms with Crippen LogP contribution in [0.3, 0.4) is 0 Å². The number of aromatic nitrogens is 1. The van der Waals surface area contributed by atoms with E-state index in [0.29, 0.717) is 24.7 Å². The fraction of sp³-hybridized carbons (Fsp3) is 0.333. The van der Waals surface area contributed by atoms with Gasteiger partial charge >= 0.3 is 0 Å². The van der Waals surface area contributed by atoms with Gasteiger partial charge in [0.15, 0.2) is 0 Å². The Morgan fingerprint density at radius 3 is 2.65 bits per heavy atom. The van der Waals surface area contributed by atoms with Crippen molar-refractivity contribution < 1.29 is 14.3 Å². The molecule has 0 fully saturated rings. The fourth-order valence-electron chi connectivity index (χ4n) is 2.08. The average Bonchev–Trinajstić information content (AvgIpc) is 2.57. The van der Waals surface area contributed by atoms with Crippen LogP contribution < -0.4 is 15.4 Å². The molecule has 0 spiro atoms. The summed E-state index contributed by atoms with van der Waals surface area (Å²) in [6.45, 7) is 5.38. The second-order valence-corrected chi connectivity index (χ2v) is 5.37. The van der Waals surface area contributed by atoms with E-state index in [9.17, 15) is 4.79 Å². The van der Waals surface area contributed by atoms with Crippen molar-refractivity contribution in [1.82, 2.24) is 10.3 Å². The van der Waals surface area contributed by atoms with Gasteiger partial charge in [0.05, 0.1) is 13.2 Å². The minimum Gasteiger partial charge on any atom is -0.437 e. The van der Waals surface area contributed by atoms with Gasteiger partial charge in [0.25, 0.3) is 0 Å². The second-order valence-electron chi connectivity index (χ2n) is 5.37. The number of nitrogens with zero attached hydrogens (tertiary/aromatic N) is 1. The van der Waals surface area contributed by atoms with Crippen LogP contribution in [0.25, 0.3) is 0 Å². The van der Waals surface area contributed by atoms with Crippen molar-refractivity contribution in [2.75, 3.05) is 32.1 Å². The van der Waals surface area contributed by atoms with Gasteiger partial charge in [-0.3, -0.25) is 4.79 Å². The molecular formula is C18H25Cl2N3O3. The molecule has 1 aromatic carbocycles. The molecule has 0 aliphatic rings. The van der Waals surface area contributed by atoms with Crippen LogP contribution in [0.5, 0.6) is 11.6 Å². The molecule has 26 heavy (non-hydrogen) atoms. The summed E-state index contributed by atoms with van der Waals surface area (Å²) in [5.74, 6) is 0.934. The molecule has 2 N–H and O–H groups in total. The number of ether oxygens (including phenoxy) is 2. The highest BCUT2D eigenvalue weighted by Gasteiger charge is 2.11. The molecule has 2 aromatic rings. The van der Waals surface area contributed by atoms with Crippen LogP contribution in [0.15, 0.2) is 36.5 Å². The Kier molecular flexibility index (Phi) is 11.6. The van der Waals surface area contributed by atoms with Crippen molar-refractivity contribution in [3.05, 3.63) is 47.7 Å². The summed E-state index contributed by atoms with van der Waals surface area (Å²) in [7, 11) is 1.62. The number of amides is 1. The van der Waals surface area contributed by atoms with Crippen LogP contribution >= 0.6 is 24.8 Å². The summed E-state index contributed by atoms with van der Waals surface area (Å²) in [4.78, 5) is 16.2. The Balaban J connectivity index is 0.00000312. The van der Waals surface area contributed by atoms with Gasteiger partial charge in [-0.05, 0) is 43.2 Å². The largest absolute Gasteiger partial charge is 0.437 e. The maximum absolute atomic E-state index is 12.0. The third-order valence-corrected chi connectivity index (χ3v) is 3.58. The molecule has 0 saturated heterocycles. The number of anilines is 1. The van der Waals surface area contributed by atoms with E-state index in [0.717, 1.165) is 16.9 Å². The maximum atomic E-state index is 12.0.